The zero-order valence-corrected chi connectivity index (χ0v) is 8.65. The van der Waals surface area contributed by atoms with Crippen LogP contribution in [0, 0.1) is 13.8 Å². The molecule has 1 aromatic carbocycles. The third-order valence-electron chi connectivity index (χ3n) is 1.70. The van der Waals surface area contributed by atoms with Crippen molar-refractivity contribution in [2.45, 2.75) is 13.8 Å². The molecule has 0 fully saturated rings. The summed E-state index contributed by atoms with van der Waals surface area (Å²) in [4.78, 5) is 0.375. The number of thiocarbonyl (C=S) groups is 1. The van der Waals surface area contributed by atoms with Crippen molar-refractivity contribution < 1.29 is 4.74 Å². The van der Waals surface area contributed by atoms with Crippen molar-refractivity contribution in [1.29, 1.82) is 0 Å². The third-order valence-corrected chi connectivity index (χ3v) is 1.82. The van der Waals surface area contributed by atoms with E-state index in [0.717, 1.165) is 11.3 Å². The molecule has 1 aromatic rings. The molecule has 3 heteroatoms. The van der Waals surface area contributed by atoms with E-state index in [0.29, 0.717) is 11.6 Å². The molecular weight excluding hydrogens is 182 g/mol. The standard InChI is InChI=1S/C10H13NOS/c1-7-3-4-9(8(2)5-7)12-6-10(11)13/h3-5H,6H2,1-2H3,(H2,11,13). The SMILES string of the molecule is Cc1ccc(OCC(N)=S)c(C)c1. The molecule has 0 aliphatic heterocycles. The van der Waals surface area contributed by atoms with Gasteiger partial charge < -0.3 is 10.5 Å². The second kappa shape index (κ2) is 4.23. The van der Waals surface area contributed by atoms with Crippen LogP contribution in [0.3, 0.4) is 0 Å². The number of ether oxygens (including phenoxy) is 1. The largest absolute Gasteiger partial charge is 0.486 e. The summed E-state index contributed by atoms with van der Waals surface area (Å²) in [6.45, 7) is 4.35. The lowest BCUT2D eigenvalue weighted by Gasteiger charge is -2.08. The maximum Gasteiger partial charge on any atom is 0.138 e. The van der Waals surface area contributed by atoms with E-state index < -0.39 is 0 Å². The molecular formula is C10H13NOS. The van der Waals surface area contributed by atoms with E-state index in [9.17, 15) is 0 Å². The van der Waals surface area contributed by atoms with Gasteiger partial charge in [0.1, 0.15) is 17.3 Å². The zero-order valence-electron chi connectivity index (χ0n) is 7.83. The second-order valence-electron chi connectivity index (χ2n) is 3.02. The van der Waals surface area contributed by atoms with Crippen molar-refractivity contribution in [3.05, 3.63) is 29.3 Å². The Kier molecular flexibility index (Phi) is 3.25. The Morgan fingerprint density at radius 3 is 2.69 bits per heavy atom. The average molecular weight is 195 g/mol. The molecule has 1 rings (SSSR count). The van der Waals surface area contributed by atoms with Crippen LogP contribution in [0.25, 0.3) is 0 Å². The second-order valence-corrected chi connectivity index (χ2v) is 3.55. The van der Waals surface area contributed by atoms with Crippen LogP contribution in [0.15, 0.2) is 18.2 Å². The summed E-state index contributed by atoms with van der Waals surface area (Å²) < 4.78 is 5.39. The van der Waals surface area contributed by atoms with Gasteiger partial charge in [0.15, 0.2) is 0 Å². The maximum atomic E-state index is 5.39. The Morgan fingerprint density at radius 1 is 1.46 bits per heavy atom. The minimum atomic E-state index is 0.305. The van der Waals surface area contributed by atoms with Crippen molar-refractivity contribution in [3.8, 4) is 5.75 Å². The Hall–Kier alpha value is -1.09. The van der Waals surface area contributed by atoms with E-state index in [1.54, 1.807) is 0 Å². The van der Waals surface area contributed by atoms with Crippen molar-refractivity contribution in [1.82, 2.24) is 0 Å². The molecule has 70 valence electrons. The van der Waals surface area contributed by atoms with E-state index in [-0.39, 0.29) is 0 Å². The van der Waals surface area contributed by atoms with Gasteiger partial charge in [0, 0.05) is 0 Å². The number of benzene rings is 1. The molecule has 0 unspecified atom stereocenters. The summed E-state index contributed by atoms with van der Waals surface area (Å²) >= 11 is 4.72. The highest BCUT2D eigenvalue weighted by atomic mass is 32.1. The first kappa shape index (κ1) is 9.99. The van der Waals surface area contributed by atoms with E-state index in [2.05, 4.69) is 6.07 Å². The molecule has 0 bridgehead atoms. The molecule has 0 amide bonds. The Balaban J connectivity index is 2.72. The lowest BCUT2D eigenvalue weighted by molar-refractivity contribution is 0.375. The fourth-order valence-corrected chi connectivity index (χ4v) is 1.17. The van der Waals surface area contributed by atoms with E-state index in [1.807, 2.05) is 26.0 Å². The summed E-state index contributed by atoms with van der Waals surface area (Å²) in [6.07, 6.45) is 0. The monoisotopic (exact) mass is 195 g/mol. The van der Waals surface area contributed by atoms with Crippen LogP contribution < -0.4 is 10.5 Å². The molecule has 0 saturated carbocycles. The van der Waals surface area contributed by atoms with Crippen LogP contribution in [0.1, 0.15) is 11.1 Å². The van der Waals surface area contributed by atoms with E-state index in [1.165, 1.54) is 5.56 Å². The molecule has 13 heavy (non-hydrogen) atoms. The Bertz CT molecular complexity index is 323. The van der Waals surface area contributed by atoms with Gasteiger partial charge in [0.05, 0.1) is 0 Å². The van der Waals surface area contributed by atoms with Gasteiger partial charge in [0.25, 0.3) is 0 Å². The fourth-order valence-electron chi connectivity index (χ4n) is 1.11. The van der Waals surface area contributed by atoms with Crippen LogP contribution in [0.2, 0.25) is 0 Å². The number of aryl methyl sites for hydroxylation is 2. The summed E-state index contributed by atoms with van der Waals surface area (Å²) in [5.41, 5.74) is 7.66. The fraction of sp³-hybridized carbons (Fsp3) is 0.300. The summed E-state index contributed by atoms with van der Waals surface area (Å²) in [6, 6.07) is 6.00. The van der Waals surface area contributed by atoms with Crippen LogP contribution in [0.5, 0.6) is 5.75 Å². The molecule has 0 heterocycles. The highest BCUT2D eigenvalue weighted by Gasteiger charge is 1.99. The summed E-state index contributed by atoms with van der Waals surface area (Å²) in [7, 11) is 0. The quantitative estimate of drug-likeness (QED) is 0.749. The Morgan fingerprint density at radius 2 is 2.15 bits per heavy atom. The van der Waals surface area contributed by atoms with E-state index >= 15 is 0 Å². The minimum Gasteiger partial charge on any atom is -0.486 e. The molecule has 0 aliphatic rings. The van der Waals surface area contributed by atoms with Crippen LogP contribution in [0.4, 0.5) is 0 Å². The third kappa shape index (κ3) is 3.03. The van der Waals surface area contributed by atoms with Gasteiger partial charge in [-0.15, -0.1) is 0 Å². The first-order valence-corrected chi connectivity index (χ1v) is 4.49. The minimum absolute atomic E-state index is 0.305. The van der Waals surface area contributed by atoms with Gasteiger partial charge in [-0.05, 0) is 25.5 Å². The predicted octanol–water partition coefficient (Wildman–Crippen LogP) is 1.97. The number of rotatable bonds is 3. The molecule has 0 saturated heterocycles. The van der Waals surface area contributed by atoms with Crippen molar-refractivity contribution in [3.63, 3.8) is 0 Å². The summed E-state index contributed by atoms with van der Waals surface area (Å²) in [5, 5.41) is 0. The van der Waals surface area contributed by atoms with Gasteiger partial charge in [-0.1, -0.05) is 29.9 Å². The molecule has 0 aromatic heterocycles. The van der Waals surface area contributed by atoms with Gasteiger partial charge in [-0.2, -0.15) is 0 Å². The summed E-state index contributed by atoms with van der Waals surface area (Å²) in [5.74, 6) is 0.846. The lowest BCUT2D eigenvalue weighted by Crippen LogP contribution is -2.18. The smallest absolute Gasteiger partial charge is 0.138 e. The molecule has 0 aliphatic carbocycles. The van der Waals surface area contributed by atoms with Crippen molar-refractivity contribution in [2.75, 3.05) is 6.61 Å². The first-order chi connectivity index (χ1) is 6.09. The number of hydrogen-bond acceptors (Lipinski definition) is 2. The van der Waals surface area contributed by atoms with Gasteiger partial charge in [0.2, 0.25) is 0 Å². The Labute approximate surface area is 83.7 Å². The van der Waals surface area contributed by atoms with Crippen LogP contribution in [-0.4, -0.2) is 11.6 Å². The van der Waals surface area contributed by atoms with Crippen LogP contribution >= 0.6 is 12.2 Å². The topological polar surface area (TPSA) is 35.2 Å². The van der Waals surface area contributed by atoms with Gasteiger partial charge in [-0.3, -0.25) is 0 Å². The first-order valence-electron chi connectivity index (χ1n) is 4.08. The molecule has 2 N–H and O–H groups in total. The highest BCUT2D eigenvalue weighted by molar-refractivity contribution is 7.80. The molecule has 0 radical (unpaired) electrons. The molecule has 0 atom stereocenters. The van der Waals surface area contributed by atoms with E-state index in [4.69, 9.17) is 22.7 Å². The van der Waals surface area contributed by atoms with Crippen molar-refractivity contribution >= 4 is 17.2 Å². The van der Waals surface area contributed by atoms with Gasteiger partial charge in [-0.25, -0.2) is 0 Å². The molecule has 2 nitrogen and oxygen atoms in total. The zero-order chi connectivity index (χ0) is 9.84. The number of nitrogens with two attached hydrogens (primary N) is 1. The normalized spacial score (nSPS) is 9.69. The predicted molar refractivity (Wildman–Crippen MR) is 58.2 cm³/mol. The maximum absolute atomic E-state index is 5.39. The van der Waals surface area contributed by atoms with Crippen molar-refractivity contribution in [2.24, 2.45) is 5.73 Å². The number of hydrogen-bond donors (Lipinski definition) is 1. The van der Waals surface area contributed by atoms with Crippen LogP contribution in [-0.2, 0) is 0 Å². The average Bonchev–Trinajstić information content (AvgIpc) is 2.02. The molecule has 0 spiro atoms. The lowest BCUT2D eigenvalue weighted by atomic mass is 10.1. The van der Waals surface area contributed by atoms with Gasteiger partial charge >= 0.3 is 0 Å². The highest BCUT2D eigenvalue weighted by Crippen LogP contribution is 2.18.